The lowest BCUT2D eigenvalue weighted by Crippen LogP contribution is -2.47. The van der Waals surface area contributed by atoms with Crippen LogP contribution in [0.4, 0.5) is 23.3 Å². The monoisotopic (exact) mass is 386 g/mol. The van der Waals surface area contributed by atoms with Crippen LogP contribution in [0.2, 0.25) is 0 Å². The fraction of sp³-hybridized carbons (Fsp3) is 0.348. The van der Waals surface area contributed by atoms with Crippen LogP contribution in [-0.2, 0) is 6.42 Å². The fourth-order valence-corrected chi connectivity index (χ4v) is 4.26. The minimum absolute atomic E-state index is 0.837. The molecule has 6 nitrogen and oxygen atoms in total. The van der Waals surface area contributed by atoms with E-state index in [1.54, 1.807) is 0 Å². The van der Waals surface area contributed by atoms with E-state index < -0.39 is 0 Å². The third kappa shape index (κ3) is 3.62. The molecule has 2 aliphatic heterocycles. The third-order valence-electron chi connectivity index (χ3n) is 5.75. The second kappa shape index (κ2) is 7.70. The predicted octanol–water partition coefficient (Wildman–Crippen LogP) is 3.59. The summed E-state index contributed by atoms with van der Waals surface area (Å²) in [6.45, 7) is 6.72. The van der Waals surface area contributed by atoms with Crippen LogP contribution in [0.3, 0.4) is 0 Å². The summed E-state index contributed by atoms with van der Waals surface area (Å²) in [7, 11) is 0. The number of nitrogens with zero attached hydrogens (tertiary/aromatic N) is 6. The first kappa shape index (κ1) is 17.9. The molecule has 29 heavy (non-hydrogen) atoms. The Morgan fingerprint density at radius 1 is 0.793 bits per heavy atom. The van der Waals surface area contributed by atoms with E-state index in [-0.39, 0.29) is 0 Å². The summed E-state index contributed by atoms with van der Waals surface area (Å²) in [5.74, 6) is 2.89. The van der Waals surface area contributed by atoms with Gasteiger partial charge in [-0.2, -0.15) is 4.98 Å². The van der Waals surface area contributed by atoms with Crippen LogP contribution in [0, 0.1) is 6.92 Å². The molecule has 0 bridgehead atoms. The summed E-state index contributed by atoms with van der Waals surface area (Å²) < 4.78 is 0. The molecule has 0 amide bonds. The van der Waals surface area contributed by atoms with E-state index in [0.29, 0.717) is 0 Å². The highest BCUT2D eigenvalue weighted by Gasteiger charge is 2.23. The molecule has 4 heterocycles. The average molecular weight is 387 g/mol. The Bertz CT molecular complexity index is 982. The highest BCUT2D eigenvalue weighted by molar-refractivity contribution is 5.66. The van der Waals surface area contributed by atoms with Crippen molar-refractivity contribution in [3.63, 3.8) is 0 Å². The van der Waals surface area contributed by atoms with Gasteiger partial charge in [-0.15, -0.1) is 0 Å². The summed E-state index contributed by atoms with van der Waals surface area (Å²) in [6.07, 6.45) is 4.14. The molecule has 2 aliphatic rings. The molecule has 6 heteroatoms. The van der Waals surface area contributed by atoms with Crippen molar-refractivity contribution < 1.29 is 0 Å². The van der Waals surface area contributed by atoms with Crippen molar-refractivity contribution >= 4 is 23.3 Å². The van der Waals surface area contributed by atoms with E-state index in [2.05, 4.69) is 63.0 Å². The average Bonchev–Trinajstić information content (AvgIpc) is 2.79. The molecule has 3 aromatic rings. The number of hydrogen-bond acceptors (Lipinski definition) is 6. The van der Waals surface area contributed by atoms with E-state index in [1.165, 1.54) is 11.3 Å². The van der Waals surface area contributed by atoms with Crippen molar-refractivity contribution in [2.24, 2.45) is 0 Å². The highest BCUT2D eigenvalue weighted by atomic mass is 15.3. The van der Waals surface area contributed by atoms with Crippen LogP contribution in [0.1, 0.15) is 17.7 Å². The van der Waals surface area contributed by atoms with Crippen molar-refractivity contribution in [2.45, 2.75) is 19.8 Å². The van der Waals surface area contributed by atoms with Gasteiger partial charge in [-0.25, -0.2) is 9.97 Å². The molecule has 2 aromatic heterocycles. The minimum atomic E-state index is 0.837. The second-order valence-electron chi connectivity index (χ2n) is 7.71. The highest BCUT2D eigenvalue weighted by Crippen LogP contribution is 2.33. The SMILES string of the molecule is Cc1cc(N2CCCc3ccccc32)nc(N2CCN(c3ccccn3)CC2)n1. The Morgan fingerprint density at radius 2 is 1.59 bits per heavy atom. The number of aromatic nitrogens is 3. The summed E-state index contributed by atoms with van der Waals surface area (Å²) in [5.41, 5.74) is 3.70. The van der Waals surface area contributed by atoms with Crippen LogP contribution in [-0.4, -0.2) is 47.7 Å². The molecule has 0 aliphatic carbocycles. The predicted molar refractivity (Wildman–Crippen MR) is 117 cm³/mol. The lowest BCUT2D eigenvalue weighted by molar-refractivity contribution is 0.633. The molecule has 0 unspecified atom stereocenters. The zero-order valence-corrected chi connectivity index (χ0v) is 16.8. The van der Waals surface area contributed by atoms with Crippen LogP contribution in [0.15, 0.2) is 54.7 Å². The summed E-state index contributed by atoms with van der Waals surface area (Å²) in [6, 6.07) is 16.9. The molecule has 1 saturated heterocycles. The van der Waals surface area contributed by atoms with Crippen molar-refractivity contribution in [1.29, 1.82) is 0 Å². The van der Waals surface area contributed by atoms with E-state index in [0.717, 1.165) is 68.8 Å². The van der Waals surface area contributed by atoms with Crippen molar-refractivity contribution in [3.8, 4) is 0 Å². The van der Waals surface area contributed by atoms with Gasteiger partial charge in [0.15, 0.2) is 0 Å². The summed E-state index contributed by atoms with van der Waals surface area (Å²) >= 11 is 0. The number of fused-ring (bicyclic) bond motifs is 1. The molecule has 5 rings (SSSR count). The van der Waals surface area contributed by atoms with Gasteiger partial charge in [0.2, 0.25) is 5.95 Å². The Kier molecular flexibility index (Phi) is 4.76. The van der Waals surface area contributed by atoms with Crippen molar-refractivity contribution in [1.82, 2.24) is 15.0 Å². The molecule has 0 radical (unpaired) electrons. The molecular formula is C23H26N6. The zero-order chi connectivity index (χ0) is 19.6. The molecule has 0 N–H and O–H groups in total. The van der Waals surface area contributed by atoms with Gasteiger partial charge in [0, 0.05) is 56.4 Å². The Morgan fingerprint density at radius 3 is 2.41 bits per heavy atom. The van der Waals surface area contributed by atoms with E-state index >= 15 is 0 Å². The summed E-state index contributed by atoms with van der Waals surface area (Å²) in [5, 5.41) is 0. The maximum atomic E-state index is 4.98. The molecule has 0 atom stereocenters. The van der Waals surface area contributed by atoms with Crippen LogP contribution in [0.5, 0.6) is 0 Å². The van der Waals surface area contributed by atoms with Gasteiger partial charge in [0.05, 0.1) is 0 Å². The van der Waals surface area contributed by atoms with Gasteiger partial charge in [0.25, 0.3) is 0 Å². The topological polar surface area (TPSA) is 48.4 Å². The minimum Gasteiger partial charge on any atom is -0.353 e. The maximum absolute atomic E-state index is 4.98. The second-order valence-corrected chi connectivity index (χ2v) is 7.71. The molecule has 148 valence electrons. The van der Waals surface area contributed by atoms with Crippen LogP contribution in [0.25, 0.3) is 0 Å². The largest absolute Gasteiger partial charge is 0.353 e. The number of benzene rings is 1. The first-order valence-electron chi connectivity index (χ1n) is 10.4. The normalized spacial score (nSPS) is 16.7. The van der Waals surface area contributed by atoms with E-state index in [4.69, 9.17) is 9.97 Å². The fourth-order valence-electron chi connectivity index (χ4n) is 4.26. The maximum Gasteiger partial charge on any atom is 0.227 e. The number of hydrogen-bond donors (Lipinski definition) is 0. The van der Waals surface area contributed by atoms with Crippen molar-refractivity contribution in [3.05, 3.63) is 66.0 Å². The number of pyridine rings is 1. The lowest BCUT2D eigenvalue weighted by atomic mass is 10.0. The molecular weight excluding hydrogens is 360 g/mol. The quantitative estimate of drug-likeness (QED) is 0.686. The number of rotatable bonds is 3. The van der Waals surface area contributed by atoms with E-state index in [1.807, 2.05) is 18.3 Å². The first-order chi connectivity index (χ1) is 14.3. The molecule has 0 saturated carbocycles. The first-order valence-corrected chi connectivity index (χ1v) is 10.4. The van der Waals surface area contributed by atoms with Gasteiger partial charge in [-0.1, -0.05) is 24.3 Å². The van der Waals surface area contributed by atoms with Gasteiger partial charge < -0.3 is 14.7 Å². The van der Waals surface area contributed by atoms with Crippen LogP contribution >= 0.6 is 0 Å². The van der Waals surface area contributed by atoms with Crippen LogP contribution < -0.4 is 14.7 Å². The molecule has 1 fully saturated rings. The number of anilines is 4. The molecule has 0 spiro atoms. The summed E-state index contributed by atoms with van der Waals surface area (Å²) in [4.78, 5) is 21.2. The smallest absolute Gasteiger partial charge is 0.227 e. The third-order valence-corrected chi connectivity index (χ3v) is 5.75. The zero-order valence-electron chi connectivity index (χ0n) is 16.8. The molecule has 1 aromatic carbocycles. The number of aryl methyl sites for hydroxylation is 2. The Labute approximate surface area is 171 Å². The lowest BCUT2D eigenvalue weighted by Gasteiger charge is -2.36. The Balaban J connectivity index is 1.37. The number of para-hydroxylation sites is 1. The standard InChI is InChI=1S/C23H26N6/c1-18-17-22(29-12-6-8-19-7-2-3-9-20(19)29)26-23(25-18)28-15-13-27(14-16-28)21-10-4-5-11-24-21/h2-5,7,9-11,17H,6,8,12-16H2,1H3. The number of piperazine rings is 1. The van der Waals surface area contributed by atoms with Gasteiger partial charge in [0.1, 0.15) is 11.6 Å². The van der Waals surface area contributed by atoms with Gasteiger partial charge >= 0.3 is 0 Å². The van der Waals surface area contributed by atoms with Gasteiger partial charge in [-0.05, 0) is 43.5 Å². The van der Waals surface area contributed by atoms with Crippen molar-refractivity contribution in [2.75, 3.05) is 47.4 Å². The van der Waals surface area contributed by atoms with E-state index in [9.17, 15) is 0 Å². The Hall–Kier alpha value is -3.15. The van der Waals surface area contributed by atoms with Gasteiger partial charge in [-0.3, -0.25) is 0 Å².